The molecule has 4 aromatic heterocycles. The molecule has 2 aliphatic carbocycles. The van der Waals surface area contributed by atoms with E-state index in [-0.39, 0.29) is 44.5 Å². The van der Waals surface area contributed by atoms with E-state index in [2.05, 4.69) is 77.2 Å². The Hall–Kier alpha value is -6.64. The SMILES string of the molecule is [C-]#[N+]/C(C#N)=C1\C(=C\c2cc(OCC(CCCC)CCCCCC)c(-c3c[c]4c(s3)-c3sc(-c5sc(/C=C6\C(=O)c7cc(F)c(F)cc7\C6=C(\C#N)[N+]#[C-])cc5OCC(CCCC)CCCCCC)c[c]3[Ge]4([CH2]C(CC)CCCC)[CH2]C(CC)CCCC)s2)C(=O)c2cc(F)c(F)cc21. The normalized spacial score (nSPS) is 17.6. The second-order valence-electron chi connectivity index (χ2n) is 27.3. The minimum absolute atomic E-state index is 0.0105. The van der Waals surface area contributed by atoms with E-state index in [0.29, 0.717) is 58.1 Å². The molecule has 5 heterocycles. The molecule has 0 radical (unpaired) electrons. The zero-order chi connectivity index (χ0) is 70.9. The van der Waals surface area contributed by atoms with E-state index in [4.69, 9.17) is 22.6 Å². The summed E-state index contributed by atoms with van der Waals surface area (Å²) in [5, 5.41) is 22.8. The van der Waals surface area contributed by atoms with Crippen LogP contribution in [0.2, 0.25) is 10.5 Å². The number of nitrogens with zero attached hydrogens (tertiary/aromatic N) is 4. The quantitative estimate of drug-likeness (QED) is 0.00954. The number of hydrogen-bond donors (Lipinski definition) is 0. The van der Waals surface area contributed by atoms with Crippen LogP contribution in [-0.4, -0.2) is 38.0 Å². The van der Waals surface area contributed by atoms with Gasteiger partial charge in [-0.2, -0.15) is 0 Å². The van der Waals surface area contributed by atoms with Crippen LogP contribution >= 0.6 is 45.3 Å². The van der Waals surface area contributed by atoms with Crippen LogP contribution in [0, 0.1) is 82.7 Å². The minimum atomic E-state index is -3.60. The average Bonchev–Trinajstić information content (AvgIpc) is 1.54. The van der Waals surface area contributed by atoms with Gasteiger partial charge in [-0.1, -0.05) is 26.7 Å². The first-order chi connectivity index (χ1) is 48.0. The van der Waals surface area contributed by atoms with Gasteiger partial charge in [0.2, 0.25) is 0 Å². The number of rotatable bonds is 38. The van der Waals surface area contributed by atoms with Gasteiger partial charge in [-0.05, 0) is 0 Å². The Morgan fingerprint density at radius 2 is 0.808 bits per heavy atom. The van der Waals surface area contributed by atoms with Crippen molar-refractivity contribution >= 4 is 102 Å². The summed E-state index contributed by atoms with van der Waals surface area (Å²) in [6.07, 6.45) is 29.6. The maximum absolute atomic E-state index is 15.1. The average molecular weight is 1480 g/mol. The molecule has 4 atom stereocenters. The summed E-state index contributed by atoms with van der Waals surface area (Å²) in [5.41, 5.74) is -0.974. The Bertz CT molecular complexity index is 3910. The number of ketones is 2. The van der Waals surface area contributed by atoms with Crippen LogP contribution < -0.4 is 18.3 Å². The van der Waals surface area contributed by atoms with E-state index in [0.717, 1.165) is 196 Å². The third-order valence-corrected chi connectivity index (χ3v) is 37.4. The van der Waals surface area contributed by atoms with Crippen molar-refractivity contribution in [3.05, 3.63) is 149 Å². The van der Waals surface area contributed by atoms with Gasteiger partial charge in [-0.3, -0.25) is 0 Å². The van der Waals surface area contributed by atoms with Crippen molar-refractivity contribution in [1.29, 1.82) is 10.5 Å². The summed E-state index contributed by atoms with van der Waals surface area (Å²) in [7, 11) is 0. The number of fused-ring (bicyclic) bond motifs is 5. The summed E-state index contributed by atoms with van der Waals surface area (Å²) >= 11 is 2.93. The van der Waals surface area contributed by atoms with Gasteiger partial charge < -0.3 is 13.1 Å². The van der Waals surface area contributed by atoms with Gasteiger partial charge in [0, 0.05) is 0 Å². The van der Waals surface area contributed by atoms with E-state index in [9.17, 15) is 28.9 Å². The second kappa shape index (κ2) is 36.3. The van der Waals surface area contributed by atoms with E-state index in [1.54, 1.807) is 34.8 Å². The van der Waals surface area contributed by atoms with E-state index < -0.39 is 59.5 Å². The molecule has 0 saturated heterocycles. The molecular weight excluding hydrogens is 1380 g/mol. The predicted octanol–water partition coefficient (Wildman–Crippen LogP) is 25.0. The number of nitriles is 2. The molecule has 9 rings (SSSR count). The van der Waals surface area contributed by atoms with Gasteiger partial charge in [0.15, 0.2) is 0 Å². The Labute approximate surface area is 604 Å². The summed E-state index contributed by atoms with van der Waals surface area (Å²) in [4.78, 5) is 43.7. The molecule has 99 heavy (non-hydrogen) atoms. The topological polar surface area (TPSA) is 109 Å². The number of carbonyl (C=O) groups excluding carboxylic acids is 2. The molecule has 6 aromatic rings. The summed E-state index contributed by atoms with van der Waals surface area (Å²) in [6.45, 7) is 35.1. The van der Waals surface area contributed by atoms with Crippen LogP contribution in [-0.2, 0) is 0 Å². The van der Waals surface area contributed by atoms with Crippen molar-refractivity contribution < 1.29 is 36.6 Å². The Balaban J connectivity index is 1.27. The monoisotopic (exact) mass is 1480 g/mol. The fourth-order valence-electron chi connectivity index (χ4n) is 14.9. The Morgan fingerprint density at radius 3 is 1.14 bits per heavy atom. The molecule has 0 N–H and O–H groups in total. The summed E-state index contributed by atoms with van der Waals surface area (Å²) < 4.78 is 77.4. The molecule has 1 aliphatic heterocycles. The zero-order valence-corrected chi connectivity index (χ0v) is 64.3. The Morgan fingerprint density at radius 1 is 0.465 bits per heavy atom. The number of unbranched alkanes of at least 4 members (excludes halogenated alkanes) is 10. The standard InChI is InChI=1S/C82H94F4GeN4O4S4/c1-11-19-25-27-33-53(31-23-15-5)49-94-71-37-55(35-61-75(69(47-88)90-9)57-39-63(83)65(85)41-59(57)77(61)92)96-81(71)73-43-67-79(98-73)80-68(87(67,45-51(17-7)29-21-13-3)46-52(18-8)30-22-14-4)44-74(99-80)82-72(95-50-54(32-24-16-6)34-28-26-20-12-2)38-56(97-82)36-62-76(70(48-89)91-10)58-40-64(84)66(86)42-60(58)78(62)93/h35-44,51-54H,11-34,45-46,49-50H2,1-8H3/b61-35-,62-36-,75-69-,76-70+. The predicted molar refractivity (Wildman–Crippen MR) is 406 cm³/mol. The summed E-state index contributed by atoms with van der Waals surface area (Å²) in [6, 6.07) is 16.3. The molecule has 3 aliphatic rings. The first kappa shape index (κ1) is 76.5. The molecule has 4 unspecified atom stereocenters. The number of carbonyl (C=O) groups is 2. The van der Waals surface area contributed by atoms with E-state index in [1.807, 2.05) is 24.3 Å². The second-order valence-corrected chi connectivity index (χ2v) is 40.1. The number of benzene rings is 2. The molecule has 0 spiro atoms. The molecular formula is C82H94F4GeN4O4S4. The third-order valence-electron chi connectivity index (χ3n) is 20.4. The van der Waals surface area contributed by atoms with Crippen molar-refractivity contribution in [3.8, 4) is 52.9 Å². The fraction of sp³-hybridized carbons (Fsp3) is 0.488. The van der Waals surface area contributed by atoms with E-state index in [1.165, 1.54) is 54.1 Å². The van der Waals surface area contributed by atoms with Gasteiger partial charge in [-0.15, -0.1) is 0 Å². The molecule has 0 saturated carbocycles. The van der Waals surface area contributed by atoms with Crippen LogP contribution in [0.15, 0.2) is 71.1 Å². The van der Waals surface area contributed by atoms with Gasteiger partial charge in [0.05, 0.1) is 0 Å². The number of ether oxygens (including phenoxy) is 2. The number of allylic oxidation sites excluding steroid dienone is 6. The van der Waals surface area contributed by atoms with Crippen LogP contribution in [0.25, 0.3) is 62.3 Å². The van der Waals surface area contributed by atoms with Gasteiger partial charge in [0.25, 0.3) is 0 Å². The van der Waals surface area contributed by atoms with Gasteiger partial charge in [0.1, 0.15) is 0 Å². The number of thiophene rings is 4. The van der Waals surface area contributed by atoms with Crippen LogP contribution in [0.3, 0.4) is 0 Å². The number of hydrogen-bond acceptors (Lipinski definition) is 10. The zero-order valence-electron chi connectivity index (χ0n) is 58.9. The van der Waals surface area contributed by atoms with Crippen LogP contribution in [0.4, 0.5) is 17.6 Å². The molecule has 0 fully saturated rings. The summed E-state index contributed by atoms with van der Waals surface area (Å²) in [5.74, 6) is -3.05. The maximum atomic E-state index is 15.1. The number of halogens is 4. The van der Waals surface area contributed by atoms with Crippen LogP contribution in [0.5, 0.6) is 11.5 Å². The van der Waals surface area contributed by atoms with Crippen LogP contribution in [0.1, 0.15) is 251 Å². The van der Waals surface area contributed by atoms with Crippen molar-refractivity contribution in [3.63, 3.8) is 0 Å². The number of Topliss-reactive ketones (excluding diaryl/α,β-unsaturated/α-hetero) is 2. The molecule has 8 nitrogen and oxygen atoms in total. The first-order valence-corrected chi connectivity index (χ1v) is 44.7. The molecule has 522 valence electrons. The molecule has 0 bridgehead atoms. The van der Waals surface area contributed by atoms with Gasteiger partial charge in [-0.25, -0.2) is 17.6 Å². The van der Waals surface area contributed by atoms with E-state index >= 15 is 8.78 Å². The molecule has 2 aromatic carbocycles. The first-order valence-electron chi connectivity index (χ1n) is 36.4. The Kier molecular flexibility index (Phi) is 28.1. The van der Waals surface area contributed by atoms with Gasteiger partial charge >= 0.3 is 551 Å². The van der Waals surface area contributed by atoms with Crippen molar-refractivity contribution in [2.45, 2.75) is 220 Å². The molecule has 17 heteroatoms. The molecule has 0 amide bonds. The fourth-order valence-corrected chi connectivity index (χ4v) is 36.1. The van der Waals surface area contributed by atoms with Crippen molar-refractivity contribution in [2.75, 3.05) is 13.2 Å². The van der Waals surface area contributed by atoms with Crippen molar-refractivity contribution in [2.24, 2.45) is 23.7 Å². The van der Waals surface area contributed by atoms with Crippen molar-refractivity contribution in [1.82, 2.24) is 0 Å². The third kappa shape index (κ3) is 17.3.